The minimum atomic E-state index is -0.860. The van der Waals surface area contributed by atoms with Crippen molar-refractivity contribution in [3.63, 3.8) is 0 Å². The number of rotatable bonds is 3. The Labute approximate surface area is 101 Å². The SMILES string of the molecule is CC(C)c1cc(F)c(F)c(OC2CCCC2)c1. The monoisotopic (exact) mass is 240 g/mol. The minimum Gasteiger partial charge on any atom is -0.487 e. The van der Waals surface area contributed by atoms with Gasteiger partial charge in [0.25, 0.3) is 0 Å². The molecule has 3 heteroatoms. The van der Waals surface area contributed by atoms with E-state index in [-0.39, 0.29) is 17.8 Å². The van der Waals surface area contributed by atoms with Gasteiger partial charge in [-0.3, -0.25) is 0 Å². The Balaban J connectivity index is 2.24. The zero-order chi connectivity index (χ0) is 12.4. The van der Waals surface area contributed by atoms with Crippen molar-refractivity contribution in [1.29, 1.82) is 0 Å². The first-order valence-electron chi connectivity index (χ1n) is 6.23. The largest absolute Gasteiger partial charge is 0.487 e. The molecule has 0 saturated heterocycles. The van der Waals surface area contributed by atoms with Crippen molar-refractivity contribution in [3.05, 3.63) is 29.3 Å². The van der Waals surface area contributed by atoms with Gasteiger partial charge >= 0.3 is 0 Å². The number of hydrogen-bond donors (Lipinski definition) is 0. The molecule has 1 nitrogen and oxygen atoms in total. The third-order valence-electron chi connectivity index (χ3n) is 3.28. The van der Waals surface area contributed by atoms with E-state index < -0.39 is 11.6 Å². The Bertz CT molecular complexity index is 395. The highest BCUT2D eigenvalue weighted by Crippen LogP contribution is 2.30. The molecule has 0 aromatic heterocycles. The number of hydrogen-bond acceptors (Lipinski definition) is 1. The van der Waals surface area contributed by atoms with E-state index in [4.69, 9.17) is 4.74 Å². The van der Waals surface area contributed by atoms with Crippen LogP contribution in [0.15, 0.2) is 12.1 Å². The second-order valence-electron chi connectivity index (χ2n) is 4.99. The van der Waals surface area contributed by atoms with Gasteiger partial charge in [0.15, 0.2) is 11.6 Å². The predicted molar refractivity (Wildman–Crippen MR) is 63.3 cm³/mol. The van der Waals surface area contributed by atoms with Crippen LogP contribution in [-0.4, -0.2) is 6.10 Å². The fraction of sp³-hybridized carbons (Fsp3) is 0.571. The van der Waals surface area contributed by atoms with Crippen LogP contribution in [0.4, 0.5) is 8.78 Å². The van der Waals surface area contributed by atoms with Crippen LogP contribution < -0.4 is 4.74 Å². The molecular weight excluding hydrogens is 222 g/mol. The van der Waals surface area contributed by atoms with Crippen LogP contribution in [0.3, 0.4) is 0 Å². The third kappa shape index (κ3) is 2.76. The van der Waals surface area contributed by atoms with Gasteiger partial charge in [-0.05, 0) is 49.3 Å². The van der Waals surface area contributed by atoms with Gasteiger partial charge in [0.2, 0.25) is 5.82 Å². The summed E-state index contributed by atoms with van der Waals surface area (Å²) < 4.78 is 32.6. The van der Waals surface area contributed by atoms with Crippen LogP contribution in [-0.2, 0) is 0 Å². The van der Waals surface area contributed by atoms with Crippen LogP contribution in [0, 0.1) is 11.6 Å². The van der Waals surface area contributed by atoms with E-state index >= 15 is 0 Å². The molecule has 2 rings (SSSR count). The molecule has 1 aromatic rings. The fourth-order valence-electron chi connectivity index (χ4n) is 2.19. The van der Waals surface area contributed by atoms with Gasteiger partial charge in [-0.2, -0.15) is 4.39 Å². The van der Waals surface area contributed by atoms with Crippen LogP contribution >= 0.6 is 0 Å². The normalized spacial score (nSPS) is 16.8. The summed E-state index contributed by atoms with van der Waals surface area (Å²) in [6.07, 6.45) is 4.14. The van der Waals surface area contributed by atoms with Crippen LogP contribution in [0.25, 0.3) is 0 Å². The first kappa shape index (κ1) is 12.3. The molecular formula is C14H18F2O. The molecule has 1 aliphatic carbocycles. The van der Waals surface area contributed by atoms with E-state index in [0.717, 1.165) is 31.2 Å². The molecule has 0 amide bonds. The summed E-state index contributed by atoms with van der Waals surface area (Å²) in [6, 6.07) is 2.88. The highest BCUT2D eigenvalue weighted by atomic mass is 19.2. The molecule has 1 aromatic carbocycles. The maximum Gasteiger partial charge on any atom is 0.200 e. The summed E-state index contributed by atoms with van der Waals surface area (Å²) in [7, 11) is 0. The van der Waals surface area contributed by atoms with Crippen molar-refractivity contribution in [2.45, 2.75) is 51.6 Å². The molecule has 0 atom stereocenters. The van der Waals surface area contributed by atoms with E-state index in [1.165, 1.54) is 6.07 Å². The number of ether oxygens (including phenoxy) is 1. The zero-order valence-electron chi connectivity index (χ0n) is 10.3. The topological polar surface area (TPSA) is 9.23 Å². The lowest BCUT2D eigenvalue weighted by molar-refractivity contribution is 0.198. The molecule has 1 fully saturated rings. The Kier molecular flexibility index (Phi) is 3.65. The smallest absolute Gasteiger partial charge is 0.200 e. The highest BCUT2D eigenvalue weighted by Gasteiger charge is 2.20. The van der Waals surface area contributed by atoms with Crippen LogP contribution in [0.5, 0.6) is 5.75 Å². The van der Waals surface area contributed by atoms with E-state index in [0.29, 0.717) is 0 Å². The summed E-state index contributed by atoms with van der Waals surface area (Å²) in [5.74, 6) is -1.44. The summed E-state index contributed by atoms with van der Waals surface area (Å²) in [4.78, 5) is 0. The average molecular weight is 240 g/mol. The van der Waals surface area contributed by atoms with Gasteiger partial charge in [-0.1, -0.05) is 13.8 Å². The first-order chi connectivity index (χ1) is 8.08. The third-order valence-corrected chi connectivity index (χ3v) is 3.28. The van der Waals surface area contributed by atoms with Gasteiger partial charge < -0.3 is 4.74 Å². The lowest BCUT2D eigenvalue weighted by Gasteiger charge is -2.16. The average Bonchev–Trinajstić information content (AvgIpc) is 2.77. The van der Waals surface area contributed by atoms with Gasteiger partial charge in [0.1, 0.15) is 0 Å². The second-order valence-corrected chi connectivity index (χ2v) is 4.99. The van der Waals surface area contributed by atoms with Crippen molar-refractivity contribution in [3.8, 4) is 5.75 Å². The van der Waals surface area contributed by atoms with E-state index in [1.807, 2.05) is 13.8 Å². The maximum atomic E-state index is 13.6. The van der Waals surface area contributed by atoms with Gasteiger partial charge in [-0.25, -0.2) is 4.39 Å². The maximum absolute atomic E-state index is 13.6. The summed E-state index contributed by atoms with van der Waals surface area (Å²) in [5, 5.41) is 0. The standard InChI is InChI=1S/C14H18F2O/c1-9(2)10-7-12(15)14(16)13(8-10)17-11-5-3-4-6-11/h7-9,11H,3-6H2,1-2H3. The molecule has 0 unspecified atom stereocenters. The number of halogens is 2. The van der Waals surface area contributed by atoms with Crippen LogP contribution in [0.1, 0.15) is 51.0 Å². The summed E-state index contributed by atoms with van der Waals surface area (Å²) in [5.41, 5.74) is 0.775. The first-order valence-corrected chi connectivity index (χ1v) is 6.23. The molecule has 0 spiro atoms. The van der Waals surface area contributed by atoms with Crippen LogP contribution in [0.2, 0.25) is 0 Å². The summed E-state index contributed by atoms with van der Waals surface area (Å²) >= 11 is 0. The van der Waals surface area contributed by atoms with Crippen molar-refractivity contribution < 1.29 is 13.5 Å². The van der Waals surface area contributed by atoms with E-state index in [9.17, 15) is 8.78 Å². The Hall–Kier alpha value is -1.12. The minimum absolute atomic E-state index is 0.0475. The van der Waals surface area contributed by atoms with Crippen molar-refractivity contribution >= 4 is 0 Å². The van der Waals surface area contributed by atoms with Crippen molar-refractivity contribution in [2.75, 3.05) is 0 Å². The Morgan fingerprint density at radius 2 is 1.82 bits per heavy atom. The Morgan fingerprint density at radius 1 is 1.18 bits per heavy atom. The molecule has 17 heavy (non-hydrogen) atoms. The van der Waals surface area contributed by atoms with E-state index in [1.54, 1.807) is 6.07 Å². The Morgan fingerprint density at radius 3 is 2.41 bits per heavy atom. The van der Waals surface area contributed by atoms with Crippen molar-refractivity contribution in [2.24, 2.45) is 0 Å². The van der Waals surface area contributed by atoms with E-state index in [2.05, 4.69) is 0 Å². The number of benzene rings is 1. The van der Waals surface area contributed by atoms with Crippen molar-refractivity contribution in [1.82, 2.24) is 0 Å². The van der Waals surface area contributed by atoms with Gasteiger partial charge in [0, 0.05) is 0 Å². The van der Waals surface area contributed by atoms with Gasteiger partial charge in [-0.15, -0.1) is 0 Å². The second kappa shape index (κ2) is 5.03. The molecule has 0 heterocycles. The molecule has 1 saturated carbocycles. The quantitative estimate of drug-likeness (QED) is 0.760. The lowest BCUT2D eigenvalue weighted by atomic mass is 10.0. The molecule has 94 valence electrons. The zero-order valence-corrected chi connectivity index (χ0v) is 10.3. The molecule has 0 N–H and O–H groups in total. The highest BCUT2D eigenvalue weighted by molar-refractivity contribution is 5.33. The lowest BCUT2D eigenvalue weighted by Crippen LogP contribution is -2.12. The van der Waals surface area contributed by atoms with Gasteiger partial charge in [0.05, 0.1) is 6.10 Å². The molecule has 1 aliphatic rings. The molecule has 0 bridgehead atoms. The predicted octanol–water partition coefficient (Wildman–Crippen LogP) is 4.41. The molecule has 0 radical (unpaired) electrons. The molecule has 0 aliphatic heterocycles. The fourth-order valence-corrected chi connectivity index (χ4v) is 2.19. The summed E-state index contributed by atoms with van der Waals surface area (Å²) in [6.45, 7) is 3.90.